The van der Waals surface area contributed by atoms with Crippen LogP contribution in [0.2, 0.25) is 0 Å². The van der Waals surface area contributed by atoms with Crippen molar-refractivity contribution >= 4 is 17.0 Å². The van der Waals surface area contributed by atoms with E-state index in [2.05, 4.69) is 0 Å². The van der Waals surface area contributed by atoms with Gasteiger partial charge in [-0.1, -0.05) is 0 Å². The lowest BCUT2D eigenvalue weighted by Crippen LogP contribution is -2.27. The fourth-order valence-electron chi connectivity index (χ4n) is 3.70. The van der Waals surface area contributed by atoms with Crippen LogP contribution < -0.4 is 19.6 Å². The highest BCUT2D eigenvalue weighted by molar-refractivity contribution is 5.92. The Labute approximate surface area is 160 Å². The molecule has 142 valence electrons. The molecule has 0 fully saturated rings. The number of ether oxygens (including phenoxy) is 3. The van der Waals surface area contributed by atoms with Gasteiger partial charge in [-0.3, -0.25) is 4.79 Å². The van der Waals surface area contributed by atoms with Gasteiger partial charge in [0.05, 0.1) is 23.6 Å². The largest absolute Gasteiger partial charge is 0.504 e. The smallest absolute Gasteiger partial charge is 0.201 e. The van der Waals surface area contributed by atoms with Crippen molar-refractivity contribution < 1.29 is 23.7 Å². The lowest BCUT2D eigenvalue weighted by molar-refractivity contribution is 0.159. The molecule has 0 saturated heterocycles. The molecule has 0 unspecified atom stereocenters. The normalized spacial score (nSPS) is 15.8. The topological polar surface area (TPSA) is 78.1 Å². The Morgan fingerprint density at radius 2 is 2.00 bits per heavy atom. The highest BCUT2D eigenvalue weighted by Crippen LogP contribution is 2.44. The van der Waals surface area contributed by atoms with Crippen LogP contribution in [0.3, 0.4) is 0 Å². The SMILES string of the molecule is COc1cc2c(cc1O)-c1c(oc3c4c(ccc3c1=O)OC(C)(C)C=C4)CO2. The molecule has 0 spiro atoms. The molecule has 3 heterocycles. The Bertz CT molecular complexity index is 1230. The number of aromatic hydroxyl groups is 1. The molecular weight excluding hydrogens is 360 g/mol. The number of benzene rings is 2. The van der Waals surface area contributed by atoms with E-state index in [0.717, 1.165) is 5.56 Å². The first kappa shape index (κ1) is 16.7. The lowest BCUT2D eigenvalue weighted by Gasteiger charge is -2.28. The van der Waals surface area contributed by atoms with E-state index in [0.29, 0.717) is 39.4 Å². The summed E-state index contributed by atoms with van der Waals surface area (Å²) in [7, 11) is 1.46. The summed E-state index contributed by atoms with van der Waals surface area (Å²) in [5.41, 5.74) is 1.49. The lowest BCUT2D eigenvalue weighted by atomic mass is 9.96. The van der Waals surface area contributed by atoms with Crippen molar-refractivity contribution in [2.75, 3.05) is 7.11 Å². The zero-order chi connectivity index (χ0) is 19.6. The van der Waals surface area contributed by atoms with Gasteiger partial charge >= 0.3 is 0 Å². The quantitative estimate of drug-likeness (QED) is 0.682. The summed E-state index contributed by atoms with van der Waals surface area (Å²) in [5.74, 6) is 1.77. The maximum Gasteiger partial charge on any atom is 0.201 e. The molecule has 0 bridgehead atoms. The molecule has 28 heavy (non-hydrogen) atoms. The Hall–Kier alpha value is -3.41. The average molecular weight is 378 g/mol. The third-order valence-electron chi connectivity index (χ3n) is 5.07. The van der Waals surface area contributed by atoms with E-state index >= 15 is 0 Å². The molecule has 1 aromatic heterocycles. The monoisotopic (exact) mass is 378 g/mol. The highest BCUT2D eigenvalue weighted by atomic mass is 16.5. The summed E-state index contributed by atoms with van der Waals surface area (Å²) in [5, 5.41) is 10.6. The van der Waals surface area contributed by atoms with Crippen LogP contribution >= 0.6 is 0 Å². The number of hydrogen-bond acceptors (Lipinski definition) is 6. The van der Waals surface area contributed by atoms with Crippen LogP contribution in [0.15, 0.2) is 39.6 Å². The summed E-state index contributed by atoms with van der Waals surface area (Å²) in [6.45, 7) is 4.04. The van der Waals surface area contributed by atoms with Crippen molar-refractivity contribution in [2.45, 2.75) is 26.1 Å². The zero-order valence-corrected chi connectivity index (χ0v) is 15.7. The number of phenols is 1. The maximum absolute atomic E-state index is 13.3. The van der Waals surface area contributed by atoms with Crippen LogP contribution in [0.25, 0.3) is 28.2 Å². The third kappa shape index (κ3) is 2.30. The van der Waals surface area contributed by atoms with Crippen molar-refractivity contribution in [2.24, 2.45) is 0 Å². The molecule has 0 saturated carbocycles. The Morgan fingerprint density at radius 1 is 1.18 bits per heavy atom. The first-order valence-corrected chi connectivity index (χ1v) is 8.93. The fraction of sp³-hybridized carbons (Fsp3) is 0.227. The van der Waals surface area contributed by atoms with Crippen LogP contribution in [0.1, 0.15) is 25.2 Å². The summed E-state index contributed by atoms with van der Waals surface area (Å²) < 4.78 is 23.0. The summed E-state index contributed by atoms with van der Waals surface area (Å²) in [6, 6.07) is 6.55. The minimum absolute atomic E-state index is 0.0683. The summed E-state index contributed by atoms with van der Waals surface area (Å²) in [6.07, 6.45) is 3.86. The molecular formula is C22H18O6. The van der Waals surface area contributed by atoms with Crippen LogP contribution in [-0.2, 0) is 6.61 Å². The summed E-state index contributed by atoms with van der Waals surface area (Å²) in [4.78, 5) is 13.3. The number of fused-ring (bicyclic) bond motifs is 6. The Balaban J connectivity index is 1.79. The van der Waals surface area contributed by atoms with Crippen LogP contribution in [0, 0.1) is 0 Å². The standard InChI is InChI=1S/C22H18O6/c1-22(2)7-6-11-15(28-22)5-4-12-20(24)19-13-8-14(23)17(25-3)9-16(13)26-10-18(19)27-21(11)12/h4-9,23H,10H2,1-3H3. The molecule has 1 N–H and O–H groups in total. The predicted octanol–water partition coefficient (Wildman–Crippen LogP) is 4.25. The van der Waals surface area contributed by atoms with E-state index in [4.69, 9.17) is 18.6 Å². The van der Waals surface area contributed by atoms with Crippen molar-refractivity contribution in [3.05, 3.63) is 51.9 Å². The molecule has 3 aromatic rings. The minimum Gasteiger partial charge on any atom is -0.504 e. The van der Waals surface area contributed by atoms with Crippen molar-refractivity contribution in [3.8, 4) is 34.1 Å². The second-order valence-corrected chi connectivity index (χ2v) is 7.43. The minimum atomic E-state index is -0.423. The highest BCUT2D eigenvalue weighted by Gasteiger charge is 2.29. The molecule has 6 heteroatoms. The number of rotatable bonds is 1. The first-order chi connectivity index (χ1) is 13.4. The van der Waals surface area contributed by atoms with Crippen molar-refractivity contribution in [1.82, 2.24) is 0 Å². The molecule has 2 aliphatic heterocycles. The number of hydrogen-bond donors (Lipinski definition) is 1. The van der Waals surface area contributed by atoms with Gasteiger partial charge in [0, 0.05) is 11.6 Å². The third-order valence-corrected chi connectivity index (χ3v) is 5.07. The molecule has 0 aliphatic carbocycles. The van der Waals surface area contributed by atoms with E-state index in [-0.39, 0.29) is 23.5 Å². The molecule has 0 radical (unpaired) electrons. The van der Waals surface area contributed by atoms with Gasteiger partial charge in [0.2, 0.25) is 5.43 Å². The van der Waals surface area contributed by atoms with Gasteiger partial charge in [-0.25, -0.2) is 0 Å². The van der Waals surface area contributed by atoms with Crippen LogP contribution in [0.4, 0.5) is 0 Å². The zero-order valence-electron chi connectivity index (χ0n) is 15.7. The Morgan fingerprint density at radius 3 is 2.79 bits per heavy atom. The fourth-order valence-corrected chi connectivity index (χ4v) is 3.70. The molecule has 0 amide bonds. The molecule has 6 nitrogen and oxygen atoms in total. The van der Waals surface area contributed by atoms with Crippen molar-refractivity contribution in [1.29, 1.82) is 0 Å². The van der Waals surface area contributed by atoms with Gasteiger partial charge in [0.25, 0.3) is 0 Å². The molecule has 2 aromatic carbocycles. The molecule has 0 atom stereocenters. The van der Waals surface area contributed by atoms with Crippen molar-refractivity contribution in [3.63, 3.8) is 0 Å². The van der Waals surface area contributed by atoms with Gasteiger partial charge in [0.1, 0.15) is 29.3 Å². The second-order valence-electron chi connectivity index (χ2n) is 7.43. The van der Waals surface area contributed by atoms with E-state index in [9.17, 15) is 9.90 Å². The van der Waals surface area contributed by atoms with Gasteiger partial charge < -0.3 is 23.7 Å². The molecule has 5 rings (SSSR count). The first-order valence-electron chi connectivity index (χ1n) is 8.93. The average Bonchev–Trinajstić information content (AvgIpc) is 2.66. The van der Waals surface area contributed by atoms with Gasteiger partial charge in [0.15, 0.2) is 17.3 Å². The van der Waals surface area contributed by atoms with E-state index in [1.807, 2.05) is 26.0 Å². The van der Waals surface area contributed by atoms with Gasteiger partial charge in [-0.15, -0.1) is 0 Å². The van der Waals surface area contributed by atoms with E-state index < -0.39 is 5.60 Å². The predicted molar refractivity (Wildman–Crippen MR) is 104 cm³/mol. The second kappa shape index (κ2) is 5.55. The number of phenolic OH excluding ortho intramolecular Hbond substituents is 1. The van der Waals surface area contributed by atoms with E-state index in [1.165, 1.54) is 13.2 Å². The van der Waals surface area contributed by atoms with E-state index in [1.54, 1.807) is 18.2 Å². The van der Waals surface area contributed by atoms with Crippen LogP contribution in [0.5, 0.6) is 23.0 Å². The number of methoxy groups -OCH3 is 1. The maximum atomic E-state index is 13.3. The Kier molecular flexibility index (Phi) is 3.32. The van der Waals surface area contributed by atoms with Gasteiger partial charge in [-0.2, -0.15) is 0 Å². The molecule has 2 aliphatic rings. The van der Waals surface area contributed by atoms with Gasteiger partial charge in [-0.05, 0) is 44.2 Å². The summed E-state index contributed by atoms with van der Waals surface area (Å²) >= 11 is 0. The van der Waals surface area contributed by atoms with Crippen LogP contribution in [-0.4, -0.2) is 17.8 Å².